The number of non-ortho nitro benzene ring substituents is 1. The molecule has 0 bridgehead atoms. The highest BCUT2D eigenvalue weighted by Gasteiger charge is 2.30. The number of halogens is 1. The Kier molecular flexibility index (Phi) is 6.25. The average molecular weight is 439 g/mol. The fourth-order valence-corrected chi connectivity index (χ4v) is 4.56. The Bertz CT molecular complexity index is 1150. The topological polar surface area (TPSA) is 143 Å². The number of sulfonamides is 1. The van der Waals surface area contributed by atoms with E-state index in [0.717, 1.165) is 17.5 Å². The van der Waals surface area contributed by atoms with Gasteiger partial charge < -0.3 is 14.5 Å². The molecule has 0 aliphatic carbocycles. The van der Waals surface area contributed by atoms with Gasteiger partial charge in [-0.05, 0) is 29.7 Å². The summed E-state index contributed by atoms with van der Waals surface area (Å²) in [5, 5.41) is 31.0. The average Bonchev–Trinajstić information content (AvgIpc) is 3.03. The monoisotopic (exact) mass is 438 g/mol. The van der Waals surface area contributed by atoms with Crippen LogP contribution in [-0.4, -0.2) is 36.4 Å². The van der Waals surface area contributed by atoms with Gasteiger partial charge in [-0.1, -0.05) is 29.8 Å². The first-order valence-electron chi connectivity index (χ1n) is 8.40. The number of para-hydroxylation sites is 1. The molecule has 3 rings (SSSR count). The lowest BCUT2D eigenvalue weighted by Crippen LogP contribution is -2.48. The first-order valence-corrected chi connectivity index (χ1v) is 10.4. The highest BCUT2D eigenvalue weighted by molar-refractivity contribution is 7.88. The van der Waals surface area contributed by atoms with Crippen LogP contribution in [0.5, 0.6) is 0 Å². The van der Waals surface area contributed by atoms with Crippen LogP contribution < -0.4 is 4.72 Å². The summed E-state index contributed by atoms with van der Waals surface area (Å²) in [6.07, 6.45) is 1.39. The molecule has 3 N–H and O–H groups in total. The van der Waals surface area contributed by atoms with E-state index in [9.17, 15) is 28.6 Å². The molecule has 0 radical (unpaired) electrons. The van der Waals surface area contributed by atoms with E-state index in [2.05, 4.69) is 4.72 Å². The fraction of sp³-hybridized carbons (Fsp3) is 0.176. The van der Waals surface area contributed by atoms with Crippen LogP contribution >= 0.6 is 11.6 Å². The van der Waals surface area contributed by atoms with Crippen molar-refractivity contribution in [2.24, 2.45) is 0 Å². The van der Waals surface area contributed by atoms with Crippen LogP contribution in [0.25, 0.3) is 11.0 Å². The first-order chi connectivity index (χ1) is 13.6. The van der Waals surface area contributed by atoms with E-state index in [-0.39, 0.29) is 22.7 Å². The van der Waals surface area contributed by atoms with Crippen molar-refractivity contribution < 1.29 is 27.8 Å². The summed E-state index contributed by atoms with van der Waals surface area (Å²) in [6, 6.07) is 10.6. The van der Waals surface area contributed by atoms with Gasteiger partial charge in [-0.25, -0.2) is 13.1 Å². The van der Waals surface area contributed by atoms with Crippen LogP contribution in [0.2, 0.25) is 5.02 Å². The van der Waals surface area contributed by atoms with Crippen LogP contribution in [0.3, 0.4) is 0 Å². The molecule has 0 saturated heterocycles. The predicted octanol–water partition coefficient (Wildman–Crippen LogP) is 2.04. The van der Waals surface area contributed by atoms with Crippen molar-refractivity contribution >= 4 is 45.4 Å². The zero-order valence-electron chi connectivity index (χ0n) is 14.9. The summed E-state index contributed by atoms with van der Waals surface area (Å²) in [5.41, 5.74) is 0.936. The second-order valence-corrected chi connectivity index (χ2v) is 8.62. The number of nitrogens with one attached hydrogen (secondary N) is 1. The SMILES string of the molecule is O=[N+]([O-])c1cc(Cl)cc(CS(=O)(=O)N[C@@H](Cc2coc3ccccc23)B(O)O)c1. The maximum Gasteiger partial charge on any atom is 0.471 e. The van der Waals surface area contributed by atoms with E-state index in [0.29, 0.717) is 11.1 Å². The number of hydrogen-bond donors (Lipinski definition) is 3. The number of rotatable bonds is 8. The summed E-state index contributed by atoms with van der Waals surface area (Å²) in [4.78, 5) is 10.2. The number of furan rings is 1. The lowest BCUT2D eigenvalue weighted by Gasteiger charge is -2.17. The fourth-order valence-electron chi connectivity index (χ4n) is 2.95. The number of fused-ring (bicyclic) bond motifs is 1. The third-order valence-corrected chi connectivity index (χ3v) is 5.80. The molecule has 0 spiro atoms. The van der Waals surface area contributed by atoms with E-state index < -0.39 is 33.8 Å². The highest BCUT2D eigenvalue weighted by Crippen LogP contribution is 2.24. The standard InChI is InChI=1S/C17H16BClN2O7S/c19-13-5-11(6-14(8-13)21(24)25)10-29(26,27)20-17(18(22)23)7-12-9-28-16-4-2-1-3-15(12)16/h1-6,8-9,17,20,22-23H,7,10H2/t17-/m0/s1. The van der Waals surface area contributed by atoms with Gasteiger partial charge >= 0.3 is 7.12 Å². The van der Waals surface area contributed by atoms with Crippen molar-refractivity contribution in [2.45, 2.75) is 18.1 Å². The van der Waals surface area contributed by atoms with Crippen molar-refractivity contribution in [1.82, 2.24) is 4.72 Å². The van der Waals surface area contributed by atoms with Gasteiger partial charge in [0.2, 0.25) is 10.0 Å². The van der Waals surface area contributed by atoms with Crippen molar-refractivity contribution in [1.29, 1.82) is 0 Å². The van der Waals surface area contributed by atoms with E-state index in [1.165, 1.54) is 12.3 Å². The zero-order valence-corrected chi connectivity index (χ0v) is 16.4. The van der Waals surface area contributed by atoms with Crippen molar-refractivity contribution in [3.63, 3.8) is 0 Å². The zero-order chi connectivity index (χ0) is 21.2. The number of benzene rings is 2. The molecular weight excluding hydrogens is 423 g/mol. The Hall–Kier alpha value is -2.44. The van der Waals surface area contributed by atoms with E-state index in [1.54, 1.807) is 24.3 Å². The number of nitrogens with zero attached hydrogens (tertiary/aromatic N) is 1. The second kappa shape index (κ2) is 8.51. The minimum absolute atomic E-state index is 0.0213. The smallest absolute Gasteiger partial charge is 0.464 e. The first kappa shape index (κ1) is 21.3. The largest absolute Gasteiger partial charge is 0.471 e. The Balaban J connectivity index is 1.80. The van der Waals surface area contributed by atoms with Crippen LogP contribution in [0.15, 0.2) is 53.1 Å². The van der Waals surface area contributed by atoms with Gasteiger partial charge in [0.25, 0.3) is 5.69 Å². The summed E-state index contributed by atoms with van der Waals surface area (Å²) in [7, 11) is -6.06. The van der Waals surface area contributed by atoms with Gasteiger partial charge in [0.05, 0.1) is 22.9 Å². The van der Waals surface area contributed by atoms with Gasteiger partial charge in [-0.3, -0.25) is 10.1 Å². The lowest BCUT2D eigenvalue weighted by molar-refractivity contribution is -0.384. The lowest BCUT2D eigenvalue weighted by atomic mass is 9.77. The maximum atomic E-state index is 12.5. The quantitative estimate of drug-likeness (QED) is 0.277. The number of nitro benzene ring substituents is 1. The van der Waals surface area contributed by atoms with E-state index in [1.807, 2.05) is 0 Å². The van der Waals surface area contributed by atoms with Crippen LogP contribution in [-0.2, 0) is 22.2 Å². The Morgan fingerprint density at radius 3 is 2.66 bits per heavy atom. The Labute approximate surface area is 171 Å². The van der Waals surface area contributed by atoms with Gasteiger partial charge in [0, 0.05) is 22.5 Å². The van der Waals surface area contributed by atoms with Gasteiger partial charge in [0.1, 0.15) is 5.58 Å². The Morgan fingerprint density at radius 2 is 1.97 bits per heavy atom. The molecule has 152 valence electrons. The molecule has 2 aromatic carbocycles. The molecular formula is C17H16BClN2O7S. The van der Waals surface area contributed by atoms with Crippen molar-refractivity contribution in [2.75, 3.05) is 0 Å². The minimum Gasteiger partial charge on any atom is -0.464 e. The predicted molar refractivity (Wildman–Crippen MR) is 108 cm³/mol. The van der Waals surface area contributed by atoms with Crippen molar-refractivity contribution in [3.05, 3.63) is 75.0 Å². The summed E-state index contributed by atoms with van der Waals surface area (Å²) in [6.45, 7) is 0. The molecule has 1 heterocycles. The summed E-state index contributed by atoms with van der Waals surface area (Å²) < 4.78 is 32.7. The van der Waals surface area contributed by atoms with E-state index in [4.69, 9.17) is 16.0 Å². The third kappa shape index (κ3) is 5.34. The third-order valence-electron chi connectivity index (χ3n) is 4.20. The molecule has 0 unspecified atom stereocenters. The molecule has 1 atom stereocenters. The van der Waals surface area contributed by atoms with Crippen molar-refractivity contribution in [3.8, 4) is 0 Å². The normalized spacial score (nSPS) is 12.8. The second-order valence-electron chi connectivity index (χ2n) is 6.43. The molecule has 9 nitrogen and oxygen atoms in total. The summed E-state index contributed by atoms with van der Waals surface area (Å²) >= 11 is 5.82. The molecule has 0 amide bonds. The molecule has 3 aromatic rings. The maximum absolute atomic E-state index is 12.5. The van der Waals surface area contributed by atoms with Gasteiger partial charge in [0.15, 0.2) is 0 Å². The molecule has 0 aliphatic heterocycles. The Morgan fingerprint density at radius 1 is 1.24 bits per heavy atom. The van der Waals surface area contributed by atoms with Crippen LogP contribution in [0.1, 0.15) is 11.1 Å². The van der Waals surface area contributed by atoms with Gasteiger partial charge in [-0.15, -0.1) is 0 Å². The molecule has 0 aliphatic rings. The highest BCUT2D eigenvalue weighted by atomic mass is 35.5. The van der Waals surface area contributed by atoms with Crippen LogP contribution in [0, 0.1) is 10.1 Å². The van der Waals surface area contributed by atoms with Crippen LogP contribution in [0.4, 0.5) is 5.69 Å². The molecule has 12 heteroatoms. The molecule has 1 aromatic heterocycles. The molecule has 0 fully saturated rings. The molecule has 29 heavy (non-hydrogen) atoms. The number of hydrogen-bond acceptors (Lipinski definition) is 7. The minimum atomic E-state index is -4.08. The summed E-state index contributed by atoms with van der Waals surface area (Å²) in [5.74, 6) is -1.88. The van der Waals surface area contributed by atoms with E-state index >= 15 is 0 Å². The van der Waals surface area contributed by atoms with Gasteiger partial charge in [-0.2, -0.15) is 0 Å². The number of nitro groups is 1. The molecule has 0 saturated carbocycles.